The van der Waals surface area contributed by atoms with E-state index in [4.69, 9.17) is 9.15 Å². The van der Waals surface area contributed by atoms with Gasteiger partial charge in [-0.2, -0.15) is 0 Å². The Hall–Kier alpha value is -3.52. The number of amides is 2. The Bertz CT molecular complexity index is 1020. The second kappa shape index (κ2) is 9.61. The Labute approximate surface area is 171 Å². The minimum atomic E-state index is -0.728. The maximum atomic E-state index is 12.4. The molecule has 0 saturated carbocycles. The van der Waals surface area contributed by atoms with Crippen LogP contribution in [-0.4, -0.2) is 30.6 Å². The second-order valence-corrected chi connectivity index (χ2v) is 6.65. The number of esters is 1. The van der Waals surface area contributed by atoms with E-state index in [2.05, 4.69) is 10.6 Å². The minimum Gasteiger partial charge on any atom is -0.459 e. The zero-order chi connectivity index (χ0) is 20.6. The van der Waals surface area contributed by atoms with Crippen molar-refractivity contribution in [2.24, 2.45) is 0 Å². The zero-order valence-corrected chi connectivity index (χ0v) is 16.3. The number of hydrogen-bond acceptors (Lipinski definition) is 6. The van der Waals surface area contributed by atoms with Crippen molar-refractivity contribution in [1.82, 2.24) is 0 Å². The number of hydrogen-bond donors (Lipinski definition) is 2. The number of furan rings is 1. The lowest BCUT2D eigenvalue weighted by Crippen LogP contribution is -2.22. The van der Waals surface area contributed by atoms with E-state index < -0.39 is 24.4 Å². The average molecular weight is 410 g/mol. The summed E-state index contributed by atoms with van der Waals surface area (Å²) < 4.78 is 10.2. The van der Waals surface area contributed by atoms with Gasteiger partial charge in [0, 0.05) is 4.90 Å². The molecule has 29 heavy (non-hydrogen) atoms. The number of carbonyl (C=O) groups is 3. The number of nitrogens with one attached hydrogen (secondary N) is 2. The van der Waals surface area contributed by atoms with Crippen molar-refractivity contribution in [1.29, 1.82) is 0 Å². The highest BCUT2D eigenvalue weighted by Gasteiger charge is 2.17. The molecule has 0 aliphatic rings. The Kier molecular flexibility index (Phi) is 6.70. The SMILES string of the molecule is CSc1ccccc1NC(=O)COC(=O)c1ccccc1NC(=O)c1ccco1. The summed E-state index contributed by atoms with van der Waals surface area (Å²) in [5, 5.41) is 5.31. The molecule has 0 unspecified atom stereocenters. The summed E-state index contributed by atoms with van der Waals surface area (Å²) in [4.78, 5) is 37.6. The van der Waals surface area contributed by atoms with E-state index >= 15 is 0 Å². The summed E-state index contributed by atoms with van der Waals surface area (Å²) in [6, 6.07) is 16.8. The summed E-state index contributed by atoms with van der Waals surface area (Å²) in [5.41, 5.74) is 1.03. The number of para-hydroxylation sites is 2. The van der Waals surface area contributed by atoms with Crippen LogP contribution in [0.25, 0.3) is 0 Å². The Morgan fingerprint density at radius 2 is 1.66 bits per heavy atom. The van der Waals surface area contributed by atoms with Crippen LogP contribution >= 0.6 is 11.8 Å². The van der Waals surface area contributed by atoms with Crippen molar-refractivity contribution in [2.45, 2.75) is 4.90 Å². The van der Waals surface area contributed by atoms with E-state index in [1.807, 2.05) is 18.4 Å². The highest BCUT2D eigenvalue weighted by molar-refractivity contribution is 7.98. The molecule has 0 atom stereocenters. The van der Waals surface area contributed by atoms with Crippen LogP contribution < -0.4 is 10.6 Å². The van der Waals surface area contributed by atoms with Gasteiger partial charge in [0.05, 0.1) is 23.2 Å². The summed E-state index contributed by atoms with van der Waals surface area (Å²) >= 11 is 1.49. The van der Waals surface area contributed by atoms with E-state index in [9.17, 15) is 14.4 Å². The first-order valence-corrected chi connectivity index (χ1v) is 9.85. The molecule has 0 spiro atoms. The fraction of sp³-hybridized carbons (Fsp3) is 0.0952. The minimum absolute atomic E-state index is 0.111. The molecular formula is C21H18N2O5S. The van der Waals surface area contributed by atoms with Crippen LogP contribution in [0.5, 0.6) is 0 Å². The molecule has 0 saturated heterocycles. The van der Waals surface area contributed by atoms with Crippen molar-refractivity contribution in [3.8, 4) is 0 Å². The molecule has 148 valence electrons. The molecule has 0 bridgehead atoms. The van der Waals surface area contributed by atoms with Crippen LogP contribution in [0, 0.1) is 0 Å². The normalized spacial score (nSPS) is 10.2. The quantitative estimate of drug-likeness (QED) is 0.450. The third-order valence-corrected chi connectivity index (χ3v) is 4.65. The van der Waals surface area contributed by atoms with Crippen LogP contribution in [-0.2, 0) is 9.53 Å². The van der Waals surface area contributed by atoms with Crippen molar-refractivity contribution >= 4 is 40.9 Å². The van der Waals surface area contributed by atoms with Gasteiger partial charge in [-0.3, -0.25) is 9.59 Å². The highest BCUT2D eigenvalue weighted by atomic mass is 32.2. The van der Waals surface area contributed by atoms with Crippen LogP contribution in [0.1, 0.15) is 20.9 Å². The third kappa shape index (κ3) is 5.26. The molecule has 2 amide bonds. The number of carbonyl (C=O) groups excluding carboxylic acids is 3. The molecule has 2 N–H and O–H groups in total. The standard InChI is InChI=1S/C21H18N2O5S/c1-29-18-11-5-4-9-16(18)22-19(24)13-28-21(26)14-7-2-3-8-15(14)23-20(25)17-10-6-12-27-17/h2-12H,13H2,1H3,(H,22,24)(H,23,25). The van der Waals surface area contributed by atoms with Gasteiger partial charge in [0.15, 0.2) is 12.4 Å². The molecule has 2 aromatic carbocycles. The highest BCUT2D eigenvalue weighted by Crippen LogP contribution is 2.24. The van der Waals surface area contributed by atoms with E-state index in [0.29, 0.717) is 5.69 Å². The monoisotopic (exact) mass is 410 g/mol. The molecule has 3 aromatic rings. The molecule has 0 radical (unpaired) electrons. The lowest BCUT2D eigenvalue weighted by Gasteiger charge is -2.11. The lowest BCUT2D eigenvalue weighted by molar-refractivity contribution is -0.119. The van der Waals surface area contributed by atoms with Gasteiger partial charge >= 0.3 is 5.97 Å². The first-order chi connectivity index (χ1) is 14.1. The number of ether oxygens (including phenoxy) is 1. The van der Waals surface area contributed by atoms with E-state index in [1.54, 1.807) is 36.4 Å². The van der Waals surface area contributed by atoms with Gasteiger partial charge in [-0.15, -0.1) is 11.8 Å². The largest absolute Gasteiger partial charge is 0.459 e. The first kappa shape index (κ1) is 20.2. The summed E-state index contributed by atoms with van der Waals surface area (Å²) in [6.45, 7) is -0.456. The first-order valence-electron chi connectivity index (χ1n) is 8.62. The van der Waals surface area contributed by atoms with Gasteiger partial charge in [0.25, 0.3) is 11.8 Å². The fourth-order valence-corrected chi connectivity index (χ4v) is 3.06. The number of benzene rings is 2. The molecular weight excluding hydrogens is 392 g/mol. The molecule has 0 fully saturated rings. The lowest BCUT2D eigenvalue weighted by atomic mass is 10.1. The molecule has 7 nitrogen and oxygen atoms in total. The average Bonchev–Trinajstić information content (AvgIpc) is 3.28. The zero-order valence-electron chi connectivity index (χ0n) is 15.5. The number of rotatable bonds is 7. The summed E-state index contributed by atoms with van der Waals surface area (Å²) in [7, 11) is 0. The Morgan fingerprint density at radius 1 is 0.931 bits per heavy atom. The van der Waals surface area contributed by atoms with Crippen LogP contribution in [0.3, 0.4) is 0 Å². The molecule has 0 aliphatic carbocycles. The van der Waals surface area contributed by atoms with Gasteiger partial charge in [-0.05, 0) is 42.7 Å². The number of thioether (sulfide) groups is 1. The second-order valence-electron chi connectivity index (χ2n) is 5.80. The van der Waals surface area contributed by atoms with Crippen molar-refractivity contribution in [3.63, 3.8) is 0 Å². The molecule has 1 heterocycles. The molecule has 8 heteroatoms. The maximum Gasteiger partial charge on any atom is 0.340 e. The van der Waals surface area contributed by atoms with E-state index in [0.717, 1.165) is 4.90 Å². The fourth-order valence-electron chi connectivity index (χ4n) is 2.50. The van der Waals surface area contributed by atoms with Gasteiger partial charge in [0.2, 0.25) is 0 Å². The van der Waals surface area contributed by atoms with Crippen LogP contribution in [0.15, 0.2) is 76.2 Å². The Balaban J connectivity index is 1.62. The van der Waals surface area contributed by atoms with Gasteiger partial charge in [0.1, 0.15) is 0 Å². The van der Waals surface area contributed by atoms with Crippen molar-refractivity contribution < 1.29 is 23.5 Å². The van der Waals surface area contributed by atoms with Crippen molar-refractivity contribution in [2.75, 3.05) is 23.5 Å². The van der Waals surface area contributed by atoms with Gasteiger partial charge in [-0.1, -0.05) is 24.3 Å². The maximum absolute atomic E-state index is 12.4. The van der Waals surface area contributed by atoms with E-state index in [-0.39, 0.29) is 17.0 Å². The third-order valence-electron chi connectivity index (χ3n) is 3.86. The Morgan fingerprint density at radius 3 is 2.38 bits per heavy atom. The van der Waals surface area contributed by atoms with Crippen LogP contribution in [0.4, 0.5) is 11.4 Å². The summed E-state index contributed by atoms with van der Waals surface area (Å²) in [5.74, 6) is -1.58. The molecule has 0 aliphatic heterocycles. The predicted octanol–water partition coefficient (Wildman–Crippen LogP) is 4.05. The van der Waals surface area contributed by atoms with Crippen LogP contribution in [0.2, 0.25) is 0 Å². The summed E-state index contributed by atoms with van der Waals surface area (Å²) in [6.07, 6.45) is 3.28. The van der Waals surface area contributed by atoms with Crippen molar-refractivity contribution in [3.05, 3.63) is 78.3 Å². The van der Waals surface area contributed by atoms with E-state index in [1.165, 1.54) is 30.2 Å². The topological polar surface area (TPSA) is 97.6 Å². The van der Waals surface area contributed by atoms with Gasteiger partial charge < -0.3 is 19.8 Å². The number of anilines is 2. The predicted molar refractivity (Wildman–Crippen MR) is 110 cm³/mol. The molecule has 1 aromatic heterocycles. The van der Waals surface area contributed by atoms with Gasteiger partial charge in [-0.25, -0.2) is 4.79 Å². The molecule has 3 rings (SSSR count). The smallest absolute Gasteiger partial charge is 0.340 e.